The molecule has 0 radical (unpaired) electrons. The first kappa shape index (κ1) is 24.0. The van der Waals surface area contributed by atoms with Crippen molar-refractivity contribution in [3.05, 3.63) is 107 Å². The molecule has 1 amide bonds. The van der Waals surface area contributed by atoms with Gasteiger partial charge in [-0.15, -0.1) is 0 Å². The molecule has 0 spiro atoms. The van der Waals surface area contributed by atoms with Crippen LogP contribution in [0.1, 0.15) is 47.9 Å². The van der Waals surface area contributed by atoms with Crippen LogP contribution in [-0.2, 0) is 22.4 Å². The van der Waals surface area contributed by atoms with Crippen LogP contribution in [0.3, 0.4) is 0 Å². The summed E-state index contributed by atoms with van der Waals surface area (Å²) in [4.78, 5) is 23.8. The van der Waals surface area contributed by atoms with Crippen LogP contribution in [-0.4, -0.2) is 22.1 Å². The molecule has 0 aliphatic rings. The van der Waals surface area contributed by atoms with Gasteiger partial charge in [-0.3, -0.25) is 9.59 Å². The summed E-state index contributed by atoms with van der Waals surface area (Å²) >= 11 is 0. The standard InChI is InChI=1S/C30H29NO4/c1-20(25-10-5-8-24-7-2-3-9-26(24)25)30(35)31-27-19-23(16-17-28(27)32)18-22-14-12-21(13-15-22)6-4-11-29(33)34/h2-3,5,7-10,12-17,19-20,32H,4,6,11,18H2,1H3,(H,31,35)(H,33,34). The van der Waals surface area contributed by atoms with Gasteiger partial charge in [0, 0.05) is 6.42 Å². The van der Waals surface area contributed by atoms with E-state index in [1.807, 2.05) is 85.8 Å². The number of hydrogen-bond acceptors (Lipinski definition) is 3. The zero-order valence-electron chi connectivity index (χ0n) is 19.7. The number of carbonyl (C=O) groups excluding carboxylic acids is 1. The quantitative estimate of drug-likeness (QED) is 0.253. The number of hydrogen-bond donors (Lipinski definition) is 3. The predicted molar refractivity (Wildman–Crippen MR) is 139 cm³/mol. The zero-order valence-corrected chi connectivity index (χ0v) is 19.7. The van der Waals surface area contributed by atoms with Gasteiger partial charge in [0.15, 0.2) is 0 Å². The topological polar surface area (TPSA) is 86.6 Å². The molecule has 5 nitrogen and oxygen atoms in total. The largest absolute Gasteiger partial charge is 0.506 e. The van der Waals surface area contributed by atoms with Crippen LogP contribution in [0.5, 0.6) is 5.75 Å². The van der Waals surface area contributed by atoms with Gasteiger partial charge in [0.2, 0.25) is 5.91 Å². The maximum absolute atomic E-state index is 13.1. The van der Waals surface area contributed by atoms with Crippen LogP contribution in [0.15, 0.2) is 84.9 Å². The van der Waals surface area contributed by atoms with E-state index in [-0.39, 0.29) is 18.1 Å². The molecular weight excluding hydrogens is 438 g/mol. The van der Waals surface area contributed by atoms with E-state index in [4.69, 9.17) is 5.11 Å². The summed E-state index contributed by atoms with van der Waals surface area (Å²) in [5.74, 6) is -1.32. The van der Waals surface area contributed by atoms with E-state index in [0.29, 0.717) is 18.5 Å². The third-order valence-corrected chi connectivity index (χ3v) is 6.29. The van der Waals surface area contributed by atoms with Gasteiger partial charge in [0.1, 0.15) is 5.75 Å². The molecule has 0 fully saturated rings. The van der Waals surface area contributed by atoms with Crippen LogP contribution in [0.2, 0.25) is 0 Å². The number of amides is 1. The average Bonchev–Trinajstić information content (AvgIpc) is 2.86. The lowest BCUT2D eigenvalue weighted by molar-refractivity contribution is -0.137. The van der Waals surface area contributed by atoms with Crippen molar-refractivity contribution in [2.45, 2.75) is 38.5 Å². The molecule has 0 saturated carbocycles. The van der Waals surface area contributed by atoms with Crippen molar-refractivity contribution in [3.8, 4) is 5.75 Å². The van der Waals surface area contributed by atoms with Gasteiger partial charge in [0.25, 0.3) is 0 Å². The van der Waals surface area contributed by atoms with Crippen molar-refractivity contribution in [2.24, 2.45) is 0 Å². The van der Waals surface area contributed by atoms with Gasteiger partial charge in [0.05, 0.1) is 11.6 Å². The molecule has 1 atom stereocenters. The third kappa shape index (κ3) is 6.07. The summed E-state index contributed by atoms with van der Waals surface area (Å²) < 4.78 is 0. The first-order valence-electron chi connectivity index (χ1n) is 11.8. The Kier molecular flexibility index (Phi) is 7.46. The number of anilines is 1. The molecular formula is C30H29NO4. The molecule has 3 N–H and O–H groups in total. The van der Waals surface area contributed by atoms with Gasteiger partial charge in [-0.1, -0.05) is 72.8 Å². The molecule has 0 heterocycles. The summed E-state index contributed by atoms with van der Waals surface area (Å²) in [6.07, 6.45) is 2.17. The molecule has 0 aliphatic carbocycles. The molecule has 35 heavy (non-hydrogen) atoms. The lowest BCUT2D eigenvalue weighted by atomic mass is 9.94. The summed E-state index contributed by atoms with van der Waals surface area (Å²) in [6, 6.07) is 27.3. The number of benzene rings is 4. The summed E-state index contributed by atoms with van der Waals surface area (Å²) in [5, 5.41) is 24.2. The molecule has 4 aromatic rings. The maximum Gasteiger partial charge on any atom is 0.303 e. The second kappa shape index (κ2) is 10.9. The van der Waals surface area contributed by atoms with E-state index >= 15 is 0 Å². The van der Waals surface area contributed by atoms with Crippen molar-refractivity contribution in [3.63, 3.8) is 0 Å². The number of carboxylic acids is 1. The number of fused-ring (bicyclic) bond motifs is 1. The van der Waals surface area contributed by atoms with Crippen LogP contribution >= 0.6 is 0 Å². The molecule has 4 rings (SSSR count). The Labute approximate surface area is 205 Å². The van der Waals surface area contributed by atoms with Gasteiger partial charge >= 0.3 is 5.97 Å². The number of aliphatic carboxylic acids is 1. The number of nitrogens with one attached hydrogen (secondary N) is 1. The van der Waals surface area contributed by atoms with E-state index < -0.39 is 11.9 Å². The second-order valence-electron chi connectivity index (χ2n) is 8.87. The Morgan fingerprint density at radius 3 is 2.31 bits per heavy atom. The number of carbonyl (C=O) groups is 2. The van der Waals surface area contributed by atoms with Crippen molar-refractivity contribution < 1.29 is 19.8 Å². The van der Waals surface area contributed by atoms with E-state index in [1.165, 1.54) is 0 Å². The minimum Gasteiger partial charge on any atom is -0.506 e. The number of phenols is 1. The molecule has 178 valence electrons. The van der Waals surface area contributed by atoms with E-state index in [1.54, 1.807) is 6.07 Å². The highest BCUT2D eigenvalue weighted by Crippen LogP contribution is 2.30. The first-order valence-corrected chi connectivity index (χ1v) is 11.8. The van der Waals surface area contributed by atoms with Crippen LogP contribution < -0.4 is 5.32 Å². The highest BCUT2D eigenvalue weighted by molar-refractivity contribution is 6.00. The number of phenolic OH excluding ortho intramolecular Hbond substituents is 1. The van der Waals surface area contributed by atoms with Crippen LogP contribution in [0, 0.1) is 0 Å². The van der Waals surface area contributed by atoms with Crippen LogP contribution in [0.25, 0.3) is 10.8 Å². The Balaban J connectivity index is 1.44. The first-order chi connectivity index (χ1) is 16.9. The fraction of sp³-hybridized carbons (Fsp3) is 0.200. The van der Waals surface area contributed by atoms with E-state index in [0.717, 1.165) is 39.4 Å². The number of aryl methyl sites for hydroxylation is 1. The van der Waals surface area contributed by atoms with Gasteiger partial charge in [-0.25, -0.2) is 0 Å². The Bertz CT molecular complexity index is 1340. The Hall–Kier alpha value is -4.12. The molecule has 4 aromatic carbocycles. The molecule has 0 saturated heterocycles. The fourth-order valence-corrected chi connectivity index (χ4v) is 4.31. The summed E-state index contributed by atoms with van der Waals surface area (Å²) in [6.45, 7) is 1.87. The second-order valence-corrected chi connectivity index (χ2v) is 8.87. The highest BCUT2D eigenvalue weighted by Gasteiger charge is 2.19. The van der Waals surface area contributed by atoms with Gasteiger partial charge in [-0.05, 0) is 71.3 Å². The van der Waals surface area contributed by atoms with Crippen molar-refractivity contribution in [1.82, 2.24) is 0 Å². The molecule has 5 heteroatoms. The molecule has 0 bridgehead atoms. The van der Waals surface area contributed by atoms with E-state index in [9.17, 15) is 14.7 Å². The fourth-order valence-electron chi connectivity index (χ4n) is 4.31. The predicted octanol–water partition coefficient (Wildman–Crippen LogP) is 6.29. The Morgan fingerprint density at radius 1 is 0.857 bits per heavy atom. The monoisotopic (exact) mass is 467 g/mol. The third-order valence-electron chi connectivity index (χ3n) is 6.29. The van der Waals surface area contributed by atoms with Gasteiger partial charge < -0.3 is 15.5 Å². The Morgan fingerprint density at radius 2 is 1.54 bits per heavy atom. The minimum absolute atomic E-state index is 0.0287. The lowest BCUT2D eigenvalue weighted by Gasteiger charge is -2.16. The number of rotatable bonds is 9. The zero-order chi connectivity index (χ0) is 24.8. The number of aromatic hydroxyl groups is 1. The minimum atomic E-state index is -0.775. The molecule has 0 aromatic heterocycles. The molecule has 0 aliphatic heterocycles. The summed E-state index contributed by atoms with van der Waals surface area (Å²) in [7, 11) is 0. The highest BCUT2D eigenvalue weighted by atomic mass is 16.4. The normalized spacial score (nSPS) is 11.8. The average molecular weight is 468 g/mol. The molecule has 1 unspecified atom stereocenters. The van der Waals surface area contributed by atoms with Crippen molar-refractivity contribution in [2.75, 3.05) is 5.32 Å². The lowest BCUT2D eigenvalue weighted by Crippen LogP contribution is -2.19. The van der Waals surface area contributed by atoms with E-state index in [2.05, 4.69) is 5.32 Å². The SMILES string of the molecule is CC(C(=O)Nc1cc(Cc2ccc(CCCC(=O)O)cc2)ccc1O)c1cccc2ccccc12. The van der Waals surface area contributed by atoms with Crippen molar-refractivity contribution in [1.29, 1.82) is 0 Å². The summed E-state index contributed by atoms with van der Waals surface area (Å²) in [5.41, 5.74) is 4.51. The van der Waals surface area contributed by atoms with Crippen LogP contribution in [0.4, 0.5) is 5.69 Å². The smallest absolute Gasteiger partial charge is 0.303 e. The maximum atomic E-state index is 13.1. The van der Waals surface area contributed by atoms with Crippen molar-refractivity contribution >= 4 is 28.3 Å². The van der Waals surface area contributed by atoms with Gasteiger partial charge in [-0.2, -0.15) is 0 Å². The number of carboxylic acid groups (broad SMARTS) is 1.